The minimum absolute atomic E-state index is 0.625. The molecule has 0 saturated heterocycles. The fraction of sp³-hybridized carbons (Fsp3) is 0.600. The molecule has 0 aromatic heterocycles. The van der Waals surface area contributed by atoms with Gasteiger partial charge in [0.05, 0.1) is 34.5 Å². The molecule has 1 rings (SSSR count). The topological polar surface area (TPSA) is 49.0 Å². The first-order valence-electron chi connectivity index (χ1n) is 6.84. The van der Waals surface area contributed by atoms with Crippen LogP contribution in [0.1, 0.15) is 12.5 Å². The van der Waals surface area contributed by atoms with Crippen LogP contribution < -0.4 is 19.5 Å². The monoisotopic (exact) mass is 283 g/mol. The standard InChI is InChI=1S/C15H25NO4/c1-5-16-9-11-20-10-8-12-6-7-13(17-2)15(19-4)14(12)18-3/h6-7,16H,5,8-11H2,1-4H3. The largest absolute Gasteiger partial charge is 0.493 e. The first-order chi connectivity index (χ1) is 9.78. The number of likely N-dealkylation sites (N-methyl/N-ethyl adjacent to an activating group) is 1. The Bertz CT molecular complexity index is 396. The van der Waals surface area contributed by atoms with Gasteiger partial charge in [-0.3, -0.25) is 0 Å². The molecule has 0 fully saturated rings. The number of rotatable bonds is 10. The van der Waals surface area contributed by atoms with Crippen molar-refractivity contribution in [2.45, 2.75) is 13.3 Å². The first kappa shape index (κ1) is 16.6. The van der Waals surface area contributed by atoms with Gasteiger partial charge < -0.3 is 24.3 Å². The number of hydrogen-bond acceptors (Lipinski definition) is 5. The van der Waals surface area contributed by atoms with E-state index < -0.39 is 0 Å². The molecule has 0 aliphatic carbocycles. The van der Waals surface area contributed by atoms with Crippen LogP contribution in [0.5, 0.6) is 17.2 Å². The smallest absolute Gasteiger partial charge is 0.203 e. The molecule has 114 valence electrons. The first-order valence-corrected chi connectivity index (χ1v) is 6.84. The lowest BCUT2D eigenvalue weighted by atomic mass is 10.1. The summed E-state index contributed by atoms with van der Waals surface area (Å²) in [4.78, 5) is 0. The second-order valence-electron chi connectivity index (χ2n) is 4.21. The fourth-order valence-electron chi connectivity index (χ4n) is 1.97. The summed E-state index contributed by atoms with van der Waals surface area (Å²) in [5.41, 5.74) is 1.05. The summed E-state index contributed by atoms with van der Waals surface area (Å²) in [6.45, 7) is 5.28. The van der Waals surface area contributed by atoms with E-state index in [4.69, 9.17) is 18.9 Å². The molecule has 0 spiro atoms. The van der Waals surface area contributed by atoms with Crippen LogP contribution in [0.2, 0.25) is 0 Å². The summed E-state index contributed by atoms with van der Waals surface area (Å²) in [5, 5.41) is 3.22. The maximum atomic E-state index is 5.58. The lowest BCUT2D eigenvalue weighted by Gasteiger charge is -2.15. The zero-order valence-electron chi connectivity index (χ0n) is 12.8. The lowest BCUT2D eigenvalue weighted by Crippen LogP contribution is -2.19. The molecule has 5 heteroatoms. The van der Waals surface area contributed by atoms with E-state index in [0.29, 0.717) is 30.5 Å². The quantitative estimate of drug-likeness (QED) is 0.664. The van der Waals surface area contributed by atoms with Gasteiger partial charge in [0, 0.05) is 12.1 Å². The minimum Gasteiger partial charge on any atom is -0.493 e. The third kappa shape index (κ3) is 4.58. The zero-order valence-corrected chi connectivity index (χ0v) is 12.8. The zero-order chi connectivity index (χ0) is 14.8. The van der Waals surface area contributed by atoms with Crippen LogP contribution in [0.3, 0.4) is 0 Å². The molecule has 1 N–H and O–H groups in total. The molecule has 0 amide bonds. The Hall–Kier alpha value is -1.46. The maximum Gasteiger partial charge on any atom is 0.203 e. The molecule has 0 heterocycles. The predicted octanol–water partition coefficient (Wildman–Crippen LogP) is 1.88. The van der Waals surface area contributed by atoms with Crippen molar-refractivity contribution in [2.75, 3.05) is 47.6 Å². The number of nitrogens with one attached hydrogen (secondary N) is 1. The van der Waals surface area contributed by atoms with E-state index in [1.54, 1.807) is 21.3 Å². The van der Waals surface area contributed by atoms with Crippen LogP contribution in [0.15, 0.2) is 12.1 Å². The normalized spacial score (nSPS) is 10.4. The molecule has 5 nitrogen and oxygen atoms in total. The van der Waals surface area contributed by atoms with Gasteiger partial charge in [0.25, 0.3) is 0 Å². The fourth-order valence-corrected chi connectivity index (χ4v) is 1.97. The van der Waals surface area contributed by atoms with Gasteiger partial charge in [-0.15, -0.1) is 0 Å². The Morgan fingerprint density at radius 1 is 0.950 bits per heavy atom. The van der Waals surface area contributed by atoms with E-state index >= 15 is 0 Å². The van der Waals surface area contributed by atoms with Crippen LogP contribution in [0, 0.1) is 0 Å². The second-order valence-corrected chi connectivity index (χ2v) is 4.21. The summed E-state index contributed by atoms with van der Waals surface area (Å²) < 4.78 is 21.6. The summed E-state index contributed by atoms with van der Waals surface area (Å²) >= 11 is 0. The number of hydrogen-bond donors (Lipinski definition) is 1. The molecular weight excluding hydrogens is 258 g/mol. The molecule has 0 unspecified atom stereocenters. The number of methoxy groups -OCH3 is 3. The van der Waals surface area contributed by atoms with Gasteiger partial charge in [-0.2, -0.15) is 0 Å². The van der Waals surface area contributed by atoms with Crippen LogP contribution in [-0.2, 0) is 11.2 Å². The van der Waals surface area contributed by atoms with Crippen molar-refractivity contribution in [3.63, 3.8) is 0 Å². The summed E-state index contributed by atoms with van der Waals surface area (Å²) in [7, 11) is 4.85. The molecule has 1 aromatic carbocycles. The van der Waals surface area contributed by atoms with Crippen molar-refractivity contribution in [3.05, 3.63) is 17.7 Å². The van der Waals surface area contributed by atoms with E-state index in [2.05, 4.69) is 12.2 Å². The van der Waals surface area contributed by atoms with Gasteiger partial charge in [-0.05, 0) is 19.0 Å². The highest BCUT2D eigenvalue weighted by Gasteiger charge is 2.15. The molecule has 0 atom stereocenters. The summed E-state index contributed by atoms with van der Waals surface area (Å²) in [6.07, 6.45) is 0.773. The van der Waals surface area contributed by atoms with E-state index in [-0.39, 0.29) is 0 Å². The van der Waals surface area contributed by atoms with Gasteiger partial charge >= 0.3 is 0 Å². The third-order valence-electron chi connectivity index (χ3n) is 2.97. The molecular formula is C15H25NO4. The van der Waals surface area contributed by atoms with Crippen molar-refractivity contribution < 1.29 is 18.9 Å². The van der Waals surface area contributed by atoms with Crippen molar-refractivity contribution >= 4 is 0 Å². The van der Waals surface area contributed by atoms with Gasteiger partial charge in [0.2, 0.25) is 5.75 Å². The number of ether oxygens (including phenoxy) is 4. The Morgan fingerprint density at radius 3 is 2.30 bits per heavy atom. The van der Waals surface area contributed by atoms with Crippen molar-refractivity contribution in [1.82, 2.24) is 5.32 Å². The minimum atomic E-state index is 0.625. The van der Waals surface area contributed by atoms with Crippen LogP contribution >= 0.6 is 0 Å². The summed E-state index contributed by atoms with van der Waals surface area (Å²) in [5.74, 6) is 2.00. The maximum absolute atomic E-state index is 5.58. The van der Waals surface area contributed by atoms with Crippen molar-refractivity contribution in [3.8, 4) is 17.2 Å². The van der Waals surface area contributed by atoms with Crippen molar-refractivity contribution in [2.24, 2.45) is 0 Å². The highest BCUT2D eigenvalue weighted by atomic mass is 16.5. The highest BCUT2D eigenvalue weighted by molar-refractivity contribution is 5.55. The van der Waals surface area contributed by atoms with E-state index in [9.17, 15) is 0 Å². The predicted molar refractivity (Wildman–Crippen MR) is 79.2 cm³/mol. The van der Waals surface area contributed by atoms with Gasteiger partial charge in [-0.1, -0.05) is 13.0 Å². The lowest BCUT2D eigenvalue weighted by molar-refractivity contribution is 0.138. The van der Waals surface area contributed by atoms with E-state index in [1.807, 2.05) is 12.1 Å². The van der Waals surface area contributed by atoms with Crippen LogP contribution in [0.25, 0.3) is 0 Å². The molecule has 0 radical (unpaired) electrons. The highest BCUT2D eigenvalue weighted by Crippen LogP contribution is 2.39. The molecule has 20 heavy (non-hydrogen) atoms. The third-order valence-corrected chi connectivity index (χ3v) is 2.97. The molecule has 0 bridgehead atoms. The second kappa shape index (κ2) is 9.44. The van der Waals surface area contributed by atoms with Crippen molar-refractivity contribution in [1.29, 1.82) is 0 Å². The van der Waals surface area contributed by atoms with Crippen LogP contribution in [-0.4, -0.2) is 47.6 Å². The average Bonchev–Trinajstić information content (AvgIpc) is 2.49. The van der Waals surface area contributed by atoms with Gasteiger partial charge in [-0.25, -0.2) is 0 Å². The molecule has 0 aliphatic rings. The Labute approximate surface area is 121 Å². The van der Waals surface area contributed by atoms with E-state index in [1.165, 1.54) is 0 Å². The number of benzene rings is 1. The summed E-state index contributed by atoms with van der Waals surface area (Å²) in [6, 6.07) is 3.86. The van der Waals surface area contributed by atoms with Gasteiger partial charge in [0.15, 0.2) is 11.5 Å². The van der Waals surface area contributed by atoms with Crippen LogP contribution in [0.4, 0.5) is 0 Å². The SMILES string of the molecule is CCNCCOCCc1ccc(OC)c(OC)c1OC. The Kier molecular flexibility index (Phi) is 7.84. The average molecular weight is 283 g/mol. The Balaban J connectivity index is 2.61. The Morgan fingerprint density at radius 2 is 1.70 bits per heavy atom. The molecule has 1 aromatic rings. The molecule has 0 saturated carbocycles. The van der Waals surface area contributed by atoms with Gasteiger partial charge in [0.1, 0.15) is 0 Å². The van der Waals surface area contributed by atoms with E-state index in [0.717, 1.165) is 25.1 Å². The molecule has 0 aliphatic heterocycles.